The molecule has 11 nitrogen and oxygen atoms in total. The zero-order valence-electron chi connectivity index (χ0n) is 24.0. The number of ether oxygens (including phenoxy) is 2. The second kappa shape index (κ2) is 10.5. The molecule has 220 valence electrons. The minimum absolute atomic E-state index is 0.00000285. The van der Waals surface area contributed by atoms with Gasteiger partial charge in [0.05, 0.1) is 47.8 Å². The van der Waals surface area contributed by atoms with Crippen LogP contribution in [0.5, 0.6) is 11.5 Å². The third kappa shape index (κ3) is 5.82. The van der Waals surface area contributed by atoms with E-state index in [1.165, 1.54) is 0 Å². The molecule has 1 spiro atoms. The van der Waals surface area contributed by atoms with Crippen LogP contribution < -0.4 is 20.5 Å². The number of benzene rings is 1. The predicted molar refractivity (Wildman–Crippen MR) is 155 cm³/mol. The summed E-state index contributed by atoms with van der Waals surface area (Å²) in [6.45, 7) is 3.53. The van der Waals surface area contributed by atoms with Crippen LogP contribution in [-0.2, 0) is 18.3 Å². The maximum absolute atomic E-state index is 12.8. The zero-order valence-corrected chi connectivity index (χ0v) is 24.0. The van der Waals surface area contributed by atoms with Gasteiger partial charge in [-0.15, -0.1) is 0 Å². The lowest BCUT2D eigenvalue weighted by molar-refractivity contribution is -0.126. The number of hydrogen-bond acceptors (Lipinski definition) is 7. The molecule has 11 heteroatoms. The molecule has 3 heterocycles. The van der Waals surface area contributed by atoms with E-state index in [2.05, 4.69) is 15.5 Å². The van der Waals surface area contributed by atoms with Gasteiger partial charge >= 0.3 is 0 Å². The van der Waals surface area contributed by atoms with Crippen molar-refractivity contribution >= 4 is 17.3 Å². The first-order valence-electron chi connectivity index (χ1n) is 14.2. The molecule has 2 amide bonds. The number of hydrogen-bond donors (Lipinski definition) is 3. The van der Waals surface area contributed by atoms with Gasteiger partial charge in [0.25, 0.3) is 5.91 Å². The van der Waals surface area contributed by atoms with Crippen molar-refractivity contribution in [2.24, 2.45) is 18.2 Å². The summed E-state index contributed by atoms with van der Waals surface area (Å²) in [6, 6.07) is 9.24. The molecule has 1 aromatic carbocycles. The van der Waals surface area contributed by atoms with Crippen molar-refractivity contribution in [2.45, 2.75) is 63.7 Å². The molecular weight excluding hydrogens is 536 g/mol. The summed E-state index contributed by atoms with van der Waals surface area (Å²) in [7, 11) is 1.86. The zero-order chi connectivity index (χ0) is 29.6. The first kappa shape index (κ1) is 27.8. The largest absolute Gasteiger partial charge is 0.490 e. The molecule has 2 aliphatic rings. The van der Waals surface area contributed by atoms with Gasteiger partial charge in [-0.1, -0.05) is 6.07 Å². The second-order valence-electron chi connectivity index (χ2n) is 12.4. The summed E-state index contributed by atoms with van der Waals surface area (Å²) < 4.78 is 15.3. The average molecular weight is 573 g/mol. The number of amides is 2. The Kier molecular flexibility index (Phi) is 6.92. The van der Waals surface area contributed by atoms with E-state index in [0.717, 1.165) is 47.9 Å². The van der Waals surface area contributed by atoms with Crippen molar-refractivity contribution in [1.29, 1.82) is 0 Å². The molecule has 4 aromatic rings. The molecule has 0 radical (unpaired) electrons. The Hall–Kier alpha value is -4.38. The molecule has 4 N–H and O–H groups in total. The van der Waals surface area contributed by atoms with Crippen molar-refractivity contribution in [1.82, 2.24) is 24.7 Å². The fraction of sp³-hybridized carbons (Fsp3) is 0.419. The Labute approximate surface area is 243 Å². The molecule has 6 rings (SSSR count). The van der Waals surface area contributed by atoms with Gasteiger partial charge in [0.15, 0.2) is 0 Å². The molecule has 2 saturated carbocycles. The Bertz CT molecular complexity index is 1640. The molecule has 0 aliphatic heterocycles. The lowest BCUT2D eigenvalue weighted by Crippen LogP contribution is -2.59. The number of primary amides is 1. The summed E-state index contributed by atoms with van der Waals surface area (Å²) in [5, 5.41) is 21.6. The van der Waals surface area contributed by atoms with Gasteiger partial charge in [-0.05, 0) is 74.8 Å². The number of aliphatic hydroxyl groups is 1. The SMILES string of the molecule is Cn1cc(-c2ccc(C(N)=O)c(OC3CC4(CC(NC(=O)Cc5cnn6cc(OCC(C)(C)O)ccc56)C4)C3)c2)cn1. The Morgan fingerprint density at radius 1 is 1.10 bits per heavy atom. The maximum Gasteiger partial charge on any atom is 0.252 e. The Morgan fingerprint density at radius 3 is 2.57 bits per heavy atom. The predicted octanol–water partition coefficient (Wildman–Crippen LogP) is 3.03. The molecule has 2 aliphatic carbocycles. The van der Waals surface area contributed by atoms with E-state index in [0.29, 0.717) is 17.1 Å². The van der Waals surface area contributed by atoms with Gasteiger partial charge in [-0.25, -0.2) is 4.52 Å². The number of aryl methyl sites for hydroxylation is 1. The van der Waals surface area contributed by atoms with Crippen molar-refractivity contribution in [3.63, 3.8) is 0 Å². The summed E-state index contributed by atoms with van der Waals surface area (Å²) in [5.41, 5.74) is 8.74. The van der Waals surface area contributed by atoms with Crippen molar-refractivity contribution in [3.05, 3.63) is 66.2 Å². The maximum atomic E-state index is 12.8. The average Bonchev–Trinajstić information content (AvgIpc) is 3.50. The van der Waals surface area contributed by atoms with Crippen LogP contribution in [0.3, 0.4) is 0 Å². The van der Waals surface area contributed by atoms with Gasteiger partial charge in [-0.3, -0.25) is 14.3 Å². The van der Waals surface area contributed by atoms with Gasteiger partial charge in [-0.2, -0.15) is 10.2 Å². The number of nitrogens with two attached hydrogens (primary N) is 1. The summed E-state index contributed by atoms with van der Waals surface area (Å²) in [5.74, 6) is 0.544. The number of nitrogens with one attached hydrogen (secondary N) is 1. The Balaban J connectivity index is 0.998. The third-order valence-electron chi connectivity index (χ3n) is 8.14. The molecule has 0 atom stereocenters. The highest BCUT2D eigenvalue weighted by atomic mass is 16.5. The lowest BCUT2D eigenvalue weighted by atomic mass is 9.53. The van der Waals surface area contributed by atoms with E-state index in [-0.39, 0.29) is 36.5 Å². The molecule has 3 aromatic heterocycles. The normalized spacial score (nSPS) is 21.5. The second-order valence-corrected chi connectivity index (χ2v) is 12.4. The van der Waals surface area contributed by atoms with Crippen LogP contribution in [0.4, 0.5) is 0 Å². The van der Waals surface area contributed by atoms with Crippen LogP contribution >= 0.6 is 0 Å². The molecule has 0 unspecified atom stereocenters. The number of carbonyl (C=O) groups is 2. The molecule has 0 saturated heterocycles. The number of carbonyl (C=O) groups excluding carboxylic acids is 2. The highest BCUT2D eigenvalue weighted by Crippen LogP contribution is 2.57. The van der Waals surface area contributed by atoms with E-state index in [4.69, 9.17) is 15.2 Å². The molecule has 42 heavy (non-hydrogen) atoms. The van der Waals surface area contributed by atoms with E-state index in [1.807, 2.05) is 37.5 Å². The molecule has 0 bridgehead atoms. The van der Waals surface area contributed by atoms with Crippen LogP contribution in [0.2, 0.25) is 0 Å². The molecular formula is C31H36N6O5. The number of nitrogens with zero attached hydrogens (tertiary/aromatic N) is 4. The topological polar surface area (TPSA) is 146 Å². The van der Waals surface area contributed by atoms with Crippen LogP contribution in [-0.4, -0.2) is 60.7 Å². The van der Waals surface area contributed by atoms with Gasteiger partial charge in [0.2, 0.25) is 5.91 Å². The minimum Gasteiger partial charge on any atom is -0.490 e. The smallest absolute Gasteiger partial charge is 0.252 e. The molecule has 2 fully saturated rings. The van der Waals surface area contributed by atoms with Crippen LogP contribution in [0.25, 0.3) is 16.6 Å². The van der Waals surface area contributed by atoms with Gasteiger partial charge in [0.1, 0.15) is 18.1 Å². The van der Waals surface area contributed by atoms with E-state index in [1.54, 1.807) is 47.7 Å². The Morgan fingerprint density at radius 2 is 1.88 bits per heavy atom. The van der Waals surface area contributed by atoms with Crippen molar-refractivity contribution in [2.75, 3.05) is 6.61 Å². The summed E-state index contributed by atoms with van der Waals surface area (Å²) >= 11 is 0. The number of pyridine rings is 1. The van der Waals surface area contributed by atoms with E-state index < -0.39 is 11.5 Å². The first-order chi connectivity index (χ1) is 20.0. The summed E-state index contributed by atoms with van der Waals surface area (Å²) in [6.07, 6.45) is 10.9. The lowest BCUT2D eigenvalue weighted by Gasteiger charge is -2.57. The highest BCUT2D eigenvalue weighted by Gasteiger charge is 2.54. The van der Waals surface area contributed by atoms with Crippen molar-refractivity contribution in [3.8, 4) is 22.6 Å². The van der Waals surface area contributed by atoms with E-state index >= 15 is 0 Å². The van der Waals surface area contributed by atoms with Crippen molar-refractivity contribution < 1.29 is 24.2 Å². The monoisotopic (exact) mass is 572 g/mol. The number of rotatable bonds is 10. The fourth-order valence-corrected chi connectivity index (χ4v) is 6.11. The third-order valence-corrected chi connectivity index (χ3v) is 8.14. The highest BCUT2D eigenvalue weighted by molar-refractivity contribution is 5.96. The number of fused-ring (bicyclic) bond motifs is 1. The van der Waals surface area contributed by atoms with Crippen LogP contribution in [0.1, 0.15) is 55.5 Å². The van der Waals surface area contributed by atoms with Crippen LogP contribution in [0.15, 0.2) is 55.1 Å². The van der Waals surface area contributed by atoms with Gasteiger partial charge < -0.3 is 25.6 Å². The summed E-state index contributed by atoms with van der Waals surface area (Å²) in [4.78, 5) is 24.9. The van der Waals surface area contributed by atoms with E-state index in [9.17, 15) is 14.7 Å². The fourth-order valence-electron chi connectivity index (χ4n) is 6.11. The minimum atomic E-state index is -0.934. The number of aromatic nitrogens is 4. The van der Waals surface area contributed by atoms with Crippen LogP contribution in [0, 0.1) is 5.41 Å². The van der Waals surface area contributed by atoms with Gasteiger partial charge in [0, 0.05) is 30.4 Å². The first-order valence-corrected chi connectivity index (χ1v) is 14.2. The quantitative estimate of drug-likeness (QED) is 0.265. The standard InChI is InChI=1S/C31H36N6O5/c1-30(2,40)18-41-23-5-7-26-20(14-34-37(26)17-23)9-28(38)35-22-10-31(11-22)12-24(13-31)42-27-8-19(4-6-25(27)29(32)39)21-15-33-36(3)16-21/h4-8,14-17,22,24,40H,9-13,18H2,1-3H3,(H2,32,39)(H,35,38).